The van der Waals surface area contributed by atoms with Gasteiger partial charge in [0, 0.05) is 0 Å². The molecule has 0 spiro atoms. The van der Waals surface area contributed by atoms with E-state index in [1.54, 1.807) is 23.5 Å². The fourth-order valence-corrected chi connectivity index (χ4v) is 5.38. The summed E-state index contributed by atoms with van der Waals surface area (Å²) in [7, 11) is 0.0399. The standard InChI is InChI=1S/C24H15BO4S2/c1-3-11-19-15(7-1)26-23-17(9-5-13-21(23)30-19)28-25-29-18-10-6-14-22-24(18)27-16-8-2-4-12-20(16)31-22/h1-14,25H. The van der Waals surface area contributed by atoms with Crippen molar-refractivity contribution in [2.24, 2.45) is 0 Å². The van der Waals surface area contributed by atoms with Crippen molar-refractivity contribution in [3.8, 4) is 34.5 Å². The van der Waals surface area contributed by atoms with Crippen LogP contribution in [-0.4, -0.2) is 7.69 Å². The molecule has 6 rings (SSSR count). The molecule has 0 aromatic heterocycles. The molecule has 4 aromatic carbocycles. The van der Waals surface area contributed by atoms with Crippen LogP contribution in [0.15, 0.2) is 105 Å². The first-order valence-electron chi connectivity index (χ1n) is 9.76. The first-order chi connectivity index (χ1) is 15.3. The zero-order chi connectivity index (χ0) is 20.6. The minimum absolute atomic E-state index is 0.0399. The number of para-hydroxylation sites is 4. The van der Waals surface area contributed by atoms with E-state index in [1.807, 2.05) is 84.9 Å². The van der Waals surface area contributed by atoms with E-state index in [9.17, 15) is 0 Å². The van der Waals surface area contributed by atoms with Gasteiger partial charge < -0.3 is 18.8 Å². The number of fused-ring (bicyclic) bond motifs is 4. The van der Waals surface area contributed by atoms with E-state index in [0.29, 0.717) is 23.0 Å². The molecular formula is C24H15BO4S2. The Bertz CT molecular complexity index is 1200. The minimum atomic E-state index is 0.0399. The van der Waals surface area contributed by atoms with Crippen LogP contribution in [0.4, 0.5) is 0 Å². The fourth-order valence-electron chi connectivity index (χ4n) is 3.43. The molecule has 2 heterocycles. The largest absolute Gasteiger partial charge is 0.576 e. The number of hydrogen-bond donors (Lipinski definition) is 0. The van der Waals surface area contributed by atoms with Gasteiger partial charge in [-0.3, -0.25) is 0 Å². The van der Waals surface area contributed by atoms with E-state index in [-0.39, 0.29) is 7.69 Å². The molecule has 0 unspecified atom stereocenters. The zero-order valence-corrected chi connectivity index (χ0v) is 17.9. The second kappa shape index (κ2) is 7.83. The third kappa shape index (κ3) is 3.50. The van der Waals surface area contributed by atoms with Crippen LogP contribution in [0.25, 0.3) is 0 Å². The average molecular weight is 442 g/mol. The van der Waals surface area contributed by atoms with Crippen LogP contribution in [0.2, 0.25) is 0 Å². The molecular weight excluding hydrogens is 427 g/mol. The summed E-state index contributed by atoms with van der Waals surface area (Å²) in [4.78, 5) is 4.22. The first-order valence-corrected chi connectivity index (χ1v) is 11.4. The van der Waals surface area contributed by atoms with Gasteiger partial charge in [-0.15, -0.1) is 0 Å². The summed E-state index contributed by atoms with van der Waals surface area (Å²) in [6.07, 6.45) is 0. The van der Waals surface area contributed by atoms with Crippen LogP contribution in [0.5, 0.6) is 34.5 Å². The molecule has 0 saturated carbocycles. The fraction of sp³-hybridized carbons (Fsp3) is 0. The molecule has 2 aliphatic heterocycles. The number of hydrogen-bond acceptors (Lipinski definition) is 6. The molecule has 31 heavy (non-hydrogen) atoms. The van der Waals surface area contributed by atoms with Gasteiger partial charge in [-0.2, -0.15) is 0 Å². The second-order valence-electron chi connectivity index (χ2n) is 6.88. The Kier molecular flexibility index (Phi) is 4.70. The highest BCUT2D eigenvalue weighted by molar-refractivity contribution is 7.99. The third-order valence-electron chi connectivity index (χ3n) is 4.88. The minimum Gasteiger partial charge on any atom is -0.526 e. The van der Waals surface area contributed by atoms with E-state index < -0.39 is 0 Å². The number of benzene rings is 4. The summed E-state index contributed by atoms with van der Waals surface area (Å²) >= 11 is 3.34. The van der Waals surface area contributed by atoms with E-state index in [0.717, 1.165) is 31.1 Å². The molecule has 0 amide bonds. The lowest BCUT2D eigenvalue weighted by Crippen LogP contribution is -2.13. The summed E-state index contributed by atoms with van der Waals surface area (Å²) in [6, 6.07) is 27.7. The van der Waals surface area contributed by atoms with Crippen molar-refractivity contribution in [2.45, 2.75) is 19.6 Å². The normalized spacial score (nSPS) is 12.8. The molecule has 2 aliphatic rings. The van der Waals surface area contributed by atoms with Gasteiger partial charge in [-0.05, 0) is 48.5 Å². The van der Waals surface area contributed by atoms with E-state index in [1.165, 1.54) is 0 Å². The van der Waals surface area contributed by atoms with Crippen molar-refractivity contribution in [1.82, 2.24) is 0 Å². The quantitative estimate of drug-likeness (QED) is 0.276. The van der Waals surface area contributed by atoms with E-state index in [2.05, 4.69) is 0 Å². The van der Waals surface area contributed by atoms with E-state index in [4.69, 9.17) is 18.8 Å². The molecule has 4 aromatic rings. The Hall–Kier alpha value is -3.16. The summed E-state index contributed by atoms with van der Waals surface area (Å²) in [5, 5.41) is 0. The Morgan fingerprint density at radius 2 is 0.968 bits per heavy atom. The van der Waals surface area contributed by atoms with Crippen LogP contribution >= 0.6 is 23.5 Å². The summed E-state index contributed by atoms with van der Waals surface area (Å²) in [5.41, 5.74) is 0. The maximum Gasteiger partial charge on any atom is 0.576 e. The van der Waals surface area contributed by atoms with Gasteiger partial charge in [-0.1, -0.05) is 59.9 Å². The van der Waals surface area contributed by atoms with Crippen molar-refractivity contribution in [3.63, 3.8) is 0 Å². The highest BCUT2D eigenvalue weighted by atomic mass is 32.2. The van der Waals surface area contributed by atoms with Gasteiger partial charge in [0.05, 0.1) is 19.6 Å². The lowest BCUT2D eigenvalue weighted by molar-refractivity contribution is 0.390. The maximum absolute atomic E-state index is 6.11. The second-order valence-corrected chi connectivity index (χ2v) is 9.04. The predicted octanol–water partition coefficient (Wildman–Crippen LogP) is 6.92. The molecule has 0 fully saturated rings. The van der Waals surface area contributed by atoms with Crippen LogP contribution in [-0.2, 0) is 0 Å². The first kappa shape index (κ1) is 18.6. The lowest BCUT2D eigenvalue weighted by atomic mass is 10.2. The Labute approximate surface area is 188 Å². The van der Waals surface area contributed by atoms with Crippen molar-refractivity contribution < 1.29 is 18.8 Å². The monoisotopic (exact) mass is 442 g/mol. The molecule has 0 bridgehead atoms. The molecule has 0 N–H and O–H groups in total. The smallest absolute Gasteiger partial charge is 0.526 e. The maximum atomic E-state index is 6.11. The van der Waals surface area contributed by atoms with Crippen LogP contribution in [0, 0.1) is 0 Å². The zero-order valence-electron chi connectivity index (χ0n) is 16.2. The van der Waals surface area contributed by atoms with E-state index >= 15 is 0 Å². The Morgan fingerprint density at radius 1 is 0.516 bits per heavy atom. The Balaban J connectivity index is 1.20. The van der Waals surface area contributed by atoms with Crippen LogP contribution in [0.1, 0.15) is 0 Å². The van der Waals surface area contributed by atoms with Crippen LogP contribution < -0.4 is 18.8 Å². The van der Waals surface area contributed by atoms with Crippen molar-refractivity contribution in [1.29, 1.82) is 0 Å². The number of ether oxygens (including phenoxy) is 2. The SMILES string of the molecule is B(Oc1cccc2c1Oc1ccccc1S2)Oc1cccc2c1Oc1ccccc1S2. The van der Waals surface area contributed by atoms with Gasteiger partial charge in [0.2, 0.25) is 0 Å². The molecule has 0 atom stereocenters. The summed E-state index contributed by atoms with van der Waals surface area (Å²) < 4.78 is 24.1. The molecule has 0 saturated heterocycles. The topological polar surface area (TPSA) is 36.9 Å². The van der Waals surface area contributed by atoms with Crippen molar-refractivity contribution in [3.05, 3.63) is 84.9 Å². The molecule has 0 aliphatic carbocycles. The van der Waals surface area contributed by atoms with Crippen molar-refractivity contribution in [2.75, 3.05) is 0 Å². The lowest BCUT2D eigenvalue weighted by Gasteiger charge is -2.23. The van der Waals surface area contributed by atoms with Gasteiger partial charge in [0.1, 0.15) is 23.0 Å². The predicted molar refractivity (Wildman–Crippen MR) is 123 cm³/mol. The van der Waals surface area contributed by atoms with Gasteiger partial charge in [0.15, 0.2) is 11.5 Å². The summed E-state index contributed by atoms with van der Waals surface area (Å²) in [5.74, 6) is 4.38. The number of rotatable bonds is 4. The van der Waals surface area contributed by atoms with Crippen molar-refractivity contribution >= 4 is 31.2 Å². The molecule has 7 heteroatoms. The van der Waals surface area contributed by atoms with Gasteiger partial charge in [0.25, 0.3) is 0 Å². The Morgan fingerprint density at radius 3 is 1.48 bits per heavy atom. The average Bonchev–Trinajstić information content (AvgIpc) is 2.82. The highest BCUT2D eigenvalue weighted by Crippen LogP contribution is 2.52. The van der Waals surface area contributed by atoms with Crippen LogP contribution in [0.3, 0.4) is 0 Å². The van der Waals surface area contributed by atoms with Gasteiger partial charge in [-0.25, -0.2) is 0 Å². The van der Waals surface area contributed by atoms with Gasteiger partial charge >= 0.3 is 7.69 Å². The molecule has 4 nitrogen and oxygen atoms in total. The highest BCUT2D eigenvalue weighted by Gasteiger charge is 2.23. The molecule has 0 radical (unpaired) electrons. The third-order valence-corrected chi connectivity index (χ3v) is 7.07. The summed E-state index contributed by atoms with van der Waals surface area (Å²) in [6.45, 7) is 0. The molecule has 150 valence electrons.